The number of carboxylic acid groups (broad SMARTS) is 1. The number of carboxylic acids is 1. The molecular formula is C12H17N3O3. The number of hydrogen-bond acceptors (Lipinski definition) is 5. The van der Waals surface area contributed by atoms with Crippen molar-refractivity contribution in [3.63, 3.8) is 0 Å². The number of hydrogen-bond donors (Lipinski definition) is 3. The van der Waals surface area contributed by atoms with Crippen molar-refractivity contribution in [2.75, 3.05) is 30.8 Å². The highest BCUT2D eigenvalue weighted by Crippen LogP contribution is 2.19. The SMILES string of the molecule is Nc1cc(C(=O)O)cnc1NCC1CCCOC1. The summed E-state index contributed by atoms with van der Waals surface area (Å²) < 4.78 is 5.38. The van der Waals surface area contributed by atoms with E-state index in [1.807, 2.05) is 0 Å². The molecule has 0 aliphatic carbocycles. The van der Waals surface area contributed by atoms with E-state index in [4.69, 9.17) is 15.6 Å². The third-order valence-corrected chi connectivity index (χ3v) is 2.98. The first-order chi connectivity index (χ1) is 8.66. The molecule has 4 N–H and O–H groups in total. The van der Waals surface area contributed by atoms with Crippen LogP contribution in [-0.2, 0) is 4.74 Å². The lowest BCUT2D eigenvalue weighted by Gasteiger charge is -2.22. The Morgan fingerprint density at radius 1 is 1.67 bits per heavy atom. The van der Waals surface area contributed by atoms with Crippen molar-refractivity contribution >= 4 is 17.5 Å². The van der Waals surface area contributed by atoms with E-state index in [0.717, 1.165) is 32.6 Å². The maximum absolute atomic E-state index is 10.7. The Labute approximate surface area is 105 Å². The van der Waals surface area contributed by atoms with Crippen LogP contribution < -0.4 is 11.1 Å². The van der Waals surface area contributed by atoms with E-state index in [9.17, 15) is 4.79 Å². The van der Waals surface area contributed by atoms with Crippen LogP contribution in [0.2, 0.25) is 0 Å². The molecule has 1 atom stereocenters. The van der Waals surface area contributed by atoms with E-state index < -0.39 is 5.97 Å². The summed E-state index contributed by atoms with van der Waals surface area (Å²) in [5, 5.41) is 11.9. The topological polar surface area (TPSA) is 97.5 Å². The molecule has 0 saturated carbocycles. The predicted molar refractivity (Wildman–Crippen MR) is 67.6 cm³/mol. The van der Waals surface area contributed by atoms with Crippen molar-refractivity contribution in [1.29, 1.82) is 0 Å². The smallest absolute Gasteiger partial charge is 0.337 e. The molecule has 1 aromatic heterocycles. The summed E-state index contributed by atoms with van der Waals surface area (Å²) in [6.45, 7) is 2.33. The molecule has 6 nitrogen and oxygen atoms in total. The van der Waals surface area contributed by atoms with Gasteiger partial charge >= 0.3 is 5.97 Å². The molecule has 6 heteroatoms. The van der Waals surface area contributed by atoms with Gasteiger partial charge in [-0.2, -0.15) is 0 Å². The maximum atomic E-state index is 10.7. The second-order valence-electron chi connectivity index (χ2n) is 4.43. The Balaban J connectivity index is 1.94. The molecule has 1 fully saturated rings. The Kier molecular flexibility index (Phi) is 3.99. The first-order valence-electron chi connectivity index (χ1n) is 5.97. The lowest BCUT2D eigenvalue weighted by molar-refractivity contribution is 0.0595. The van der Waals surface area contributed by atoms with Crippen molar-refractivity contribution in [1.82, 2.24) is 4.98 Å². The zero-order valence-corrected chi connectivity index (χ0v) is 10.1. The Morgan fingerprint density at radius 3 is 3.11 bits per heavy atom. The number of aromatic carboxylic acids is 1. The second kappa shape index (κ2) is 5.68. The van der Waals surface area contributed by atoms with Crippen molar-refractivity contribution in [3.05, 3.63) is 17.8 Å². The van der Waals surface area contributed by atoms with E-state index in [1.54, 1.807) is 0 Å². The minimum absolute atomic E-state index is 0.0963. The Morgan fingerprint density at radius 2 is 2.50 bits per heavy atom. The van der Waals surface area contributed by atoms with Crippen molar-refractivity contribution in [2.45, 2.75) is 12.8 Å². The van der Waals surface area contributed by atoms with Crippen molar-refractivity contribution in [2.24, 2.45) is 5.92 Å². The molecule has 1 unspecified atom stereocenters. The predicted octanol–water partition coefficient (Wildman–Crippen LogP) is 1.20. The van der Waals surface area contributed by atoms with Crippen LogP contribution in [0.4, 0.5) is 11.5 Å². The molecule has 2 rings (SSSR count). The highest BCUT2D eigenvalue weighted by Gasteiger charge is 2.14. The van der Waals surface area contributed by atoms with E-state index in [-0.39, 0.29) is 5.56 Å². The Bertz CT molecular complexity index is 431. The number of rotatable bonds is 4. The fourth-order valence-corrected chi connectivity index (χ4v) is 1.96. The van der Waals surface area contributed by atoms with Crippen LogP contribution in [0, 0.1) is 5.92 Å². The minimum atomic E-state index is -1.03. The number of ether oxygens (including phenoxy) is 1. The Hall–Kier alpha value is -1.82. The molecule has 0 aromatic carbocycles. The molecule has 0 radical (unpaired) electrons. The molecule has 18 heavy (non-hydrogen) atoms. The molecule has 0 spiro atoms. The van der Waals surface area contributed by atoms with Crippen LogP contribution in [0.3, 0.4) is 0 Å². The largest absolute Gasteiger partial charge is 0.478 e. The van der Waals surface area contributed by atoms with Gasteiger partial charge in [0.2, 0.25) is 0 Å². The standard InChI is InChI=1S/C12H17N3O3/c13-10-4-9(12(16)17)6-15-11(10)14-5-8-2-1-3-18-7-8/h4,6,8H,1-3,5,7,13H2,(H,14,15)(H,16,17). The molecule has 1 aliphatic rings. The average Bonchev–Trinajstić information content (AvgIpc) is 2.38. The fourth-order valence-electron chi connectivity index (χ4n) is 1.96. The summed E-state index contributed by atoms with van der Waals surface area (Å²) in [5.74, 6) is -0.0360. The molecule has 2 heterocycles. The van der Waals surface area contributed by atoms with Crippen LogP contribution in [0.5, 0.6) is 0 Å². The van der Waals surface area contributed by atoms with Gasteiger partial charge in [-0.3, -0.25) is 0 Å². The highest BCUT2D eigenvalue weighted by atomic mass is 16.5. The zero-order chi connectivity index (χ0) is 13.0. The summed E-state index contributed by atoms with van der Waals surface area (Å²) in [6, 6.07) is 1.41. The molecule has 98 valence electrons. The molecule has 0 amide bonds. The monoisotopic (exact) mass is 251 g/mol. The first-order valence-corrected chi connectivity index (χ1v) is 5.97. The first kappa shape index (κ1) is 12.6. The molecule has 1 saturated heterocycles. The van der Waals surface area contributed by atoms with E-state index >= 15 is 0 Å². The van der Waals surface area contributed by atoms with Gasteiger partial charge in [-0.05, 0) is 24.8 Å². The zero-order valence-electron chi connectivity index (χ0n) is 10.1. The van der Waals surface area contributed by atoms with Gasteiger partial charge in [-0.1, -0.05) is 0 Å². The van der Waals surface area contributed by atoms with Gasteiger partial charge in [-0.25, -0.2) is 9.78 Å². The summed E-state index contributed by atoms with van der Waals surface area (Å²) >= 11 is 0. The minimum Gasteiger partial charge on any atom is -0.478 e. The lowest BCUT2D eigenvalue weighted by atomic mass is 10.0. The molecule has 0 bridgehead atoms. The van der Waals surface area contributed by atoms with E-state index in [0.29, 0.717) is 17.4 Å². The van der Waals surface area contributed by atoms with Crippen molar-refractivity contribution in [3.8, 4) is 0 Å². The highest BCUT2D eigenvalue weighted by molar-refractivity contribution is 5.89. The average molecular weight is 251 g/mol. The van der Waals surface area contributed by atoms with E-state index in [1.165, 1.54) is 12.3 Å². The van der Waals surface area contributed by atoms with Gasteiger partial charge in [0.05, 0.1) is 17.9 Å². The van der Waals surface area contributed by atoms with Gasteiger partial charge in [0.15, 0.2) is 0 Å². The number of anilines is 2. The van der Waals surface area contributed by atoms with Crippen LogP contribution in [-0.4, -0.2) is 35.8 Å². The molecule has 1 aromatic rings. The van der Waals surface area contributed by atoms with Gasteiger partial charge in [0.1, 0.15) is 5.82 Å². The second-order valence-corrected chi connectivity index (χ2v) is 4.43. The van der Waals surface area contributed by atoms with Gasteiger partial charge in [0.25, 0.3) is 0 Å². The number of nitrogens with zero attached hydrogens (tertiary/aromatic N) is 1. The number of nitrogens with two attached hydrogens (primary N) is 1. The van der Waals surface area contributed by atoms with E-state index in [2.05, 4.69) is 10.3 Å². The number of nitrogens with one attached hydrogen (secondary N) is 1. The number of carbonyl (C=O) groups is 1. The third kappa shape index (κ3) is 3.10. The van der Waals surface area contributed by atoms with Crippen LogP contribution >= 0.6 is 0 Å². The number of pyridine rings is 1. The summed E-state index contributed by atoms with van der Waals surface area (Å²) in [7, 11) is 0. The van der Waals surface area contributed by atoms with Gasteiger partial charge in [0, 0.05) is 19.3 Å². The summed E-state index contributed by atoms with van der Waals surface area (Å²) in [4.78, 5) is 14.8. The third-order valence-electron chi connectivity index (χ3n) is 2.98. The molecule has 1 aliphatic heterocycles. The summed E-state index contributed by atoms with van der Waals surface area (Å²) in [6.07, 6.45) is 3.51. The van der Waals surface area contributed by atoms with Crippen LogP contribution in [0.25, 0.3) is 0 Å². The van der Waals surface area contributed by atoms with Crippen LogP contribution in [0.15, 0.2) is 12.3 Å². The lowest BCUT2D eigenvalue weighted by Crippen LogP contribution is -2.24. The van der Waals surface area contributed by atoms with Gasteiger partial charge < -0.3 is 20.9 Å². The quantitative estimate of drug-likeness (QED) is 0.744. The van der Waals surface area contributed by atoms with Crippen molar-refractivity contribution < 1.29 is 14.6 Å². The molecular weight excluding hydrogens is 234 g/mol. The maximum Gasteiger partial charge on any atom is 0.337 e. The number of aromatic nitrogens is 1. The van der Waals surface area contributed by atoms with Gasteiger partial charge in [-0.15, -0.1) is 0 Å². The van der Waals surface area contributed by atoms with Crippen LogP contribution in [0.1, 0.15) is 23.2 Å². The normalized spacial score (nSPS) is 19.4. The fraction of sp³-hybridized carbons (Fsp3) is 0.500. The summed E-state index contributed by atoms with van der Waals surface area (Å²) in [5.41, 5.74) is 6.20. The number of nitrogen functional groups attached to an aromatic ring is 1.